The van der Waals surface area contributed by atoms with Crippen LogP contribution in [0.5, 0.6) is 0 Å². The van der Waals surface area contributed by atoms with Crippen LogP contribution in [0.15, 0.2) is 29.4 Å². The van der Waals surface area contributed by atoms with Crippen molar-refractivity contribution in [1.29, 1.82) is 0 Å². The molecule has 0 aromatic heterocycles. The number of aliphatic imine (C=N–C) groups is 1. The van der Waals surface area contributed by atoms with Gasteiger partial charge in [-0.15, -0.1) is 0 Å². The maximum absolute atomic E-state index is 3.89. The van der Waals surface area contributed by atoms with E-state index in [1.54, 1.807) is 12.4 Å². The predicted molar refractivity (Wildman–Crippen MR) is 60.8 cm³/mol. The first-order valence-corrected chi connectivity index (χ1v) is 4.67. The van der Waals surface area contributed by atoms with Gasteiger partial charge in [0.2, 0.25) is 0 Å². The molecule has 0 N–H and O–H groups in total. The molecular weight excluding hydrogens is 146 g/mol. The maximum Gasteiger partial charge on any atom is 0.0264 e. The summed E-state index contributed by atoms with van der Waals surface area (Å²) in [5, 5.41) is 0. The fraction of sp³-hybridized carbons (Fsp3) is 0.545. The first-order valence-electron chi connectivity index (χ1n) is 4.67. The molecule has 0 bridgehead atoms. The minimum atomic E-state index is 1.75. The van der Waals surface area contributed by atoms with Crippen molar-refractivity contribution < 1.29 is 0 Å². The second-order valence-corrected chi connectivity index (χ2v) is 1.31. The summed E-state index contributed by atoms with van der Waals surface area (Å²) in [5.41, 5.74) is 0. The number of nitrogens with zero attached hydrogens (tertiary/aromatic N) is 1. The number of rotatable bonds is 2. The van der Waals surface area contributed by atoms with Gasteiger partial charge in [-0.25, -0.2) is 0 Å². The molecule has 0 aliphatic heterocycles. The van der Waals surface area contributed by atoms with Crippen molar-refractivity contribution in [3.63, 3.8) is 0 Å². The molecule has 0 amide bonds. The molecule has 0 unspecified atom stereocenters. The van der Waals surface area contributed by atoms with E-state index in [4.69, 9.17) is 0 Å². The predicted octanol–water partition coefficient (Wildman–Crippen LogP) is 4.22. The largest absolute Gasteiger partial charge is 0.265 e. The highest BCUT2D eigenvalue weighted by molar-refractivity contribution is 5.71. The molecule has 0 radical (unpaired) electrons. The summed E-state index contributed by atoms with van der Waals surface area (Å²) >= 11 is 0. The molecule has 1 nitrogen and oxygen atoms in total. The Morgan fingerprint density at radius 1 is 0.833 bits per heavy atom. The Bertz CT molecular complexity index is 96.2. The Kier molecular flexibility index (Phi) is 46.2. The topological polar surface area (TPSA) is 12.4 Å². The van der Waals surface area contributed by atoms with Crippen LogP contribution in [0, 0.1) is 0 Å². The number of allylic oxidation sites excluding steroid dienone is 3. The Labute approximate surface area is 77.9 Å². The van der Waals surface area contributed by atoms with Gasteiger partial charge in [0, 0.05) is 12.4 Å². The van der Waals surface area contributed by atoms with Crippen LogP contribution in [-0.2, 0) is 0 Å². The standard InChI is InChI=1S/C7H11N.2C2H6/c1-3-5-7-8-6-4-2;2*1-2/h3-7H,1-2H3;2*1-2H3/b5-3-,6-4-,8-7-;;. The zero-order valence-corrected chi connectivity index (χ0v) is 9.33. The summed E-state index contributed by atoms with van der Waals surface area (Å²) in [6.07, 6.45) is 9.22. The van der Waals surface area contributed by atoms with Crippen LogP contribution in [0.25, 0.3) is 0 Å². The lowest BCUT2D eigenvalue weighted by atomic mass is 10.6. The molecule has 0 spiro atoms. The lowest BCUT2D eigenvalue weighted by molar-refractivity contribution is 1.50. The minimum Gasteiger partial charge on any atom is -0.265 e. The van der Waals surface area contributed by atoms with Crippen molar-refractivity contribution in [2.45, 2.75) is 41.5 Å². The van der Waals surface area contributed by atoms with Crippen LogP contribution in [0.1, 0.15) is 41.5 Å². The highest BCUT2D eigenvalue weighted by Crippen LogP contribution is 1.71. The normalized spacial score (nSPS) is 9.50. The summed E-state index contributed by atoms with van der Waals surface area (Å²) in [4.78, 5) is 3.89. The zero-order chi connectivity index (χ0) is 10.2. The molecule has 0 saturated carbocycles. The average molecular weight is 169 g/mol. The van der Waals surface area contributed by atoms with E-state index in [0.29, 0.717) is 0 Å². The average Bonchev–Trinajstić information content (AvgIpc) is 2.19. The lowest BCUT2D eigenvalue weighted by Crippen LogP contribution is -1.57. The van der Waals surface area contributed by atoms with Crippen molar-refractivity contribution >= 4 is 6.21 Å². The second-order valence-electron chi connectivity index (χ2n) is 1.31. The summed E-state index contributed by atoms with van der Waals surface area (Å²) in [6, 6.07) is 0. The molecule has 12 heavy (non-hydrogen) atoms. The van der Waals surface area contributed by atoms with Crippen molar-refractivity contribution in [2.75, 3.05) is 0 Å². The molecule has 0 aliphatic carbocycles. The van der Waals surface area contributed by atoms with E-state index in [-0.39, 0.29) is 0 Å². The van der Waals surface area contributed by atoms with Crippen LogP contribution in [0.3, 0.4) is 0 Å². The van der Waals surface area contributed by atoms with Crippen molar-refractivity contribution in [2.24, 2.45) is 4.99 Å². The van der Waals surface area contributed by atoms with Gasteiger partial charge < -0.3 is 0 Å². The Morgan fingerprint density at radius 3 is 1.67 bits per heavy atom. The van der Waals surface area contributed by atoms with Gasteiger partial charge in [-0.3, -0.25) is 4.99 Å². The molecule has 0 heterocycles. The van der Waals surface area contributed by atoms with E-state index >= 15 is 0 Å². The third-order valence-corrected chi connectivity index (χ3v) is 0.600. The number of hydrogen-bond acceptors (Lipinski definition) is 1. The molecule has 0 aliphatic rings. The van der Waals surface area contributed by atoms with Gasteiger partial charge in [0.15, 0.2) is 0 Å². The second kappa shape index (κ2) is 32.0. The fourth-order valence-electron chi connectivity index (χ4n) is 0.272. The van der Waals surface area contributed by atoms with E-state index in [2.05, 4.69) is 4.99 Å². The van der Waals surface area contributed by atoms with Crippen LogP contribution in [-0.4, -0.2) is 6.21 Å². The zero-order valence-electron chi connectivity index (χ0n) is 9.33. The molecule has 72 valence electrons. The molecule has 0 saturated heterocycles. The van der Waals surface area contributed by atoms with Crippen LogP contribution < -0.4 is 0 Å². The van der Waals surface area contributed by atoms with Gasteiger partial charge in [0.1, 0.15) is 0 Å². The summed E-state index contributed by atoms with van der Waals surface area (Å²) < 4.78 is 0. The van der Waals surface area contributed by atoms with Crippen molar-refractivity contribution in [1.82, 2.24) is 0 Å². The SMILES string of the molecule is CC.CC.C\C=C/C=N\C=C/C. The molecule has 0 aromatic rings. The highest BCUT2D eigenvalue weighted by Gasteiger charge is 1.55. The molecule has 0 atom stereocenters. The summed E-state index contributed by atoms with van der Waals surface area (Å²) in [5.74, 6) is 0. The smallest absolute Gasteiger partial charge is 0.0264 e. The van der Waals surface area contributed by atoms with E-state index < -0.39 is 0 Å². The minimum absolute atomic E-state index is 1.75. The third kappa shape index (κ3) is 35.3. The van der Waals surface area contributed by atoms with E-state index in [0.717, 1.165) is 0 Å². The van der Waals surface area contributed by atoms with Gasteiger partial charge >= 0.3 is 0 Å². The molecule has 0 fully saturated rings. The van der Waals surface area contributed by atoms with Gasteiger partial charge in [-0.05, 0) is 19.9 Å². The first kappa shape index (κ1) is 17.3. The third-order valence-electron chi connectivity index (χ3n) is 0.600. The van der Waals surface area contributed by atoms with Crippen LogP contribution in [0.4, 0.5) is 0 Å². The van der Waals surface area contributed by atoms with Crippen LogP contribution in [0.2, 0.25) is 0 Å². The van der Waals surface area contributed by atoms with Gasteiger partial charge in [-0.1, -0.05) is 39.8 Å². The molecule has 0 rings (SSSR count). The van der Waals surface area contributed by atoms with Gasteiger partial charge in [0.25, 0.3) is 0 Å². The van der Waals surface area contributed by atoms with Crippen molar-refractivity contribution in [3.8, 4) is 0 Å². The summed E-state index contributed by atoms with van der Waals surface area (Å²) in [6.45, 7) is 11.9. The molecule has 0 aromatic carbocycles. The van der Waals surface area contributed by atoms with Crippen molar-refractivity contribution in [3.05, 3.63) is 24.4 Å². The van der Waals surface area contributed by atoms with Crippen LogP contribution >= 0.6 is 0 Å². The monoisotopic (exact) mass is 169 g/mol. The maximum atomic E-state index is 3.89. The summed E-state index contributed by atoms with van der Waals surface area (Å²) in [7, 11) is 0. The fourth-order valence-corrected chi connectivity index (χ4v) is 0.272. The quantitative estimate of drug-likeness (QED) is 0.549. The Hall–Kier alpha value is -0.850. The van der Waals surface area contributed by atoms with Gasteiger partial charge in [0.05, 0.1) is 0 Å². The Morgan fingerprint density at radius 2 is 1.33 bits per heavy atom. The lowest BCUT2D eigenvalue weighted by Gasteiger charge is -1.69. The molecule has 1 heteroatoms. The van der Waals surface area contributed by atoms with E-state index in [1.807, 2.05) is 59.8 Å². The first-order chi connectivity index (χ1) is 5.91. The Balaban J connectivity index is -0.000000175. The van der Waals surface area contributed by atoms with Gasteiger partial charge in [-0.2, -0.15) is 0 Å². The van der Waals surface area contributed by atoms with E-state index in [9.17, 15) is 0 Å². The highest BCUT2D eigenvalue weighted by atomic mass is 14.6. The molecular formula is C11H23N. The van der Waals surface area contributed by atoms with E-state index in [1.165, 1.54) is 0 Å². The number of hydrogen-bond donors (Lipinski definition) is 0.